The Balaban J connectivity index is 0.000000771. The van der Waals surface area contributed by atoms with Crippen molar-refractivity contribution in [3.05, 3.63) is 53.8 Å². The zero-order valence-electron chi connectivity index (χ0n) is 11.1. The molecule has 0 aliphatic rings. The minimum Gasteiger partial charge on any atom is -0.507 e. The van der Waals surface area contributed by atoms with Crippen LogP contribution in [0.15, 0.2) is 42.5 Å². The van der Waals surface area contributed by atoms with Gasteiger partial charge in [0.25, 0.3) is 0 Å². The lowest BCUT2D eigenvalue weighted by Crippen LogP contribution is -1.84. The number of aromatic hydroxyl groups is 1. The van der Waals surface area contributed by atoms with Gasteiger partial charge in [0, 0.05) is 5.56 Å². The van der Waals surface area contributed by atoms with E-state index in [1.54, 1.807) is 18.2 Å². The van der Waals surface area contributed by atoms with Crippen molar-refractivity contribution in [2.45, 2.75) is 27.2 Å². The van der Waals surface area contributed by atoms with Crippen LogP contribution < -0.4 is 0 Å². The van der Waals surface area contributed by atoms with Gasteiger partial charge in [-0.05, 0) is 35.7 Å². The van der Waals surface area contributed by atoms with Crippen LogP contribution in [-0.2, 0) is 6.42 Å². The van der Waals surface area contributed by atoms with E-state index in [-0.39, 0.29) is 11.6 Å². The van der Waals surface area contributed by atoms with E-state index in [2.05, 4.69) is 0 Å². The molecule has 0 unspecified atom stereocenters. The Labute approximate surface area is 108 Å². The van der Waals surface area contributed by atoms with E-state index >= 15 is 0 Å². The second-order valence-corrected chi connectivity index (χ2v) is 3.72. The predicted octanol–water partition coefficient (Wildman–Crippen LogP) is 4.79. The molecule has 0 bridgehead atoms. The molecule has 0 saturated carbocycles. The minimum atomic E-state index is -0.295. The quantitative estimate of drug-likeness (QED) is 0.808. The number of hydrogen-bond acceptors (Lipinski definition) is 1. The highest BCUT2D eigenvalue weighted by Gasteiger charge is 2.05. The van der Waals surface area contributed by atoms with Gasteiger partial charge >= 0.3 is 0 Å². The number of rotatable bonds is 2. The number of aryl methyl sites for hydroxylation is 1. The first-order chi connectivity index (χ1) is 8.70. The van der Waals surface area contributed by atoms with Crippen molar-refractivity contribution < 1.29 is 9.50 Å². The third kappa shape index (κ3) is 3.33. The zero-order chi connectivity index (χ0) is 13.5. The number of phenolic OH excluding ortho intramolecular Hbond substituents is 1. The zero-order valence-corrected chi connectivity index (χ0v) is 11.1. The van der Waals surface area contributed by atoms with Crippen LogP contribution in [-0.4, -0.2) is 5.11 Å². The summed E-state index contributed by atoms with van der Waals surface area (Å²) in [6.45, 7) is 6.02. The van der Waals surface area contributed by atoms with Crippen molar-refractivity contribution in [2.75, 3.05) is 0 Å². The van der Waals surface area contributed by atoms with Gasteiger partial charge in [-0.3, -0.25) is 0 Å². The molecule has 0 heterocycles. The van der Waals surface area contributed by atoms with E-state index in [0.717, 1.165) is 12.0 Å². The molecule has 96 valence electrons. The van der Waals surface area contributed by atoms with Crippen LogP contribution in [0.3, 0.4) is 0 Å². The molecule has 0 aliphatic heterocycles. The molecule has 0 spiro atoms. The molecular weight excluding hydrogens is 227 g/mol. The largest absolute Gasteiger partial charge is 0.507 e. The van der Waals surface area contributed by atoms with Crippen LogP contribution in [0.1, 0.15) is 26.3 Å². The van der Waals surface area contributed by atoms with Crippen molar-refractivity contribution in [3.8, 4) is 16.9 Å². The maximum atomic E-state index is 13.0. The maximum absolute atomic E-state index is 13.0. The highest BCUT2D eigenvalue weighted by atomic mass is 19.1. The fourth-order valence-corrected chi connectivity index (χ4v) is 1.70. The van der Waals surface area contributed by atoms with Crippen LogP contribution in [0, 0.1) is 5.82 Å². The van der Waals surface area contributed by atoms with Crippen LogP contribution in [0.4, 0.5) is 4.39 Å². The monoisotopic (exact) mass is 246 g/mol. The molecule has 0 amide bonds. The Bertz CT molecular complexity index is 506. The number of hydrogen-bond donors (Lipinski definition) is 1. The summed E-state index contributed by atoms with van der Waals surface area (Å²) in [7, 11) is 0. The fraction of sp³-hybridized carbons (Fsp3) is 0.250. The summed E-state index contributed by atoms with van der Waals surface area (Å²) in [5.41, 5.74) is 2.43. The Morgan fingerprint density at radius 3 is 2.33 bits per heavy atom. The van der Waals surface area contributed by atoms with Crippen molar-refractivity contribution in [3.63, 3.8) is 0 Å². The molecule has 18 heavy (non-hydrogen) atoms. The van der Waals surface area contributed by atoms with Crippen molar-refractivity contribution in [1.82, 2.24) is 0 Å². The fourth-order valence-electron chi connectivity index (χ4n) is 1.70. The van der Waals surface area contributed by atoms with E-state index < -0.39 is 0 Å². The standard InChI is InChI=1S/C14H13FO.C2H6/c1-2-10-6-7-13(14(16)8-10)11-4-3-5-12(15)9-11;1-2/h3-9,16H,2H2,1H3;1-2H3. The number of halogens is 1. The average molecular weight is 246 g/mol. The maximum Gasteiger partial charge on any atom is 0.123 e. The molecule has 2 aromatic carbocycles. The third-order valence-electron chi connectivity index (χ3n) is 2.61. The molecule has 1 nitrogen and oxygen atoms in total. The molecule has 0 saturated heterocycles. The van der Waals surface area contributed by atoms with Gasteiger partial charge in [0.05, 0.1) is 0 Å². The summed E-state index contributed by atoms with van der Waals surface area (Å²) in [5, 5.41) is 9.84. The summed E-state index contributed by atoms with van der Waals surface area (Å²) in [4.78, 5) is 0. The first-order valence-electron chi connectivity index (χ1n) is 6.28. The summed E-state index contributed by atoms with van der Waals surface area (Å²) >= 11 is 0. The predicted molar refractivity (Wildman–Crippen MR) is 74.2 cm³/mol. The summed E-state index contributed by atoms with van der Waals surface area (Å²) < 4.78 is 13.0. The van der Waals surface area contributed by atoms with Gasteiger partial charge in [-0.15, -0.1) is 0 Å². The molecule has 2 aromatic rings. The minimum absolute atomic E-state index is 0.199. The lowest BCUT2D eigenvalue weighted by atomic mass is 10.0. The van der Waals surface area contributed by atoms with Crippen LogP contribution in [0.2, 0.25) is 0 Å². The van der Waals surface area contributed by atoms with Crippen LogP contribution >= 0.6 is 0 Å². The molecule has 0 fully saturated rings. The number of benzene rings is 2. The van der Waals surface area contributed by atoms with E-state index in [1.165, 1.54) is 12.1 Å². The van der Waals surface area contributed by atoms with Crippen molar-refractivity contribution in [2.24, 2.45) is 0 Å². The van der Waals surface area contributed by atoms with Gasteiger partial charge in [0.1, 0.15) is 11.6 Å². The van der Waals surface area contributed by atoms with E-state index in [9.17, 15) is 9.50 Å². The molecule has 0 aromatic heterocycles. The van der Waals surface area contributed by atoms with Gasteiger partial charge in [-0.1, -0.05) is 45.0 Å². The highest BCUT2D eigenvalue weighted by molar-refractivity contribution is 5.70. The van der Waals surface area contributed by atoms with Crippen LogP contribution in [0.25, 0.3) is 11.1 Å². The topological polar surface area (TPSA) is 20.2 Å². The molecule has 0 atom stereocenters. The average Bonchev–Trinajstić information content (AvgIpc) is 2.41. The molecule has 0 radical (unpaired) electrons. The summed E-state index contributed by atoms with van der Waals surface area (Å²) in [6.07, 6.45) is 0.872. The van der Waals surface area contributed by atoms with Gasteiger partial charge < -0.3 is 5.11 Å². The SMILES string of the molecule is CC.CCc1ccc(-c2cccc(F)c2)c(O)c1. The molecule has 0 aliphatic carbocycles. The van der Waals surface area contributed by atoms with Gasteiger partial charge in [-0.25, -0.2) is 4.39 Å². The lowest BCUT2D eigenvalue weighted by Gasteiger charge is -2.06. The van der Waals surface area contributed by atoms with Crippen molar-refractivity contribution in [1.29, 1.82) is 0 Å². The van der Waals surface area contributed by atoms with Gasteiger partial charge in [0.2, 0.25) is 0 Å². The Kier molecular flexibility index (Phi) is 5.37. The van der Waals surface area contributed by atoms with Gasteiger partial charge in [-0.2, -0.15) is 0 Å². The van der Waals surface area contributed by atoms with Crippen LogP contribution in [0.5, 0.6) is 5.75 Å². The molecule has 2 rings (SSSR count). The molecule has 1 N–H and O–H groups in total. The Morgan fingerprint density at radius 2 is 1.78 bits per heavy atom. The highest BCUT2D eigenvalue weighted by Crippen LogP contribution is 2.30. The van der Waals surface area contributed by atoms with E-state index in [4.69, 9.17) is 0 Å². The Morgan fingerprint density at radius 1 is 1.06 bits per heavy atom. The summed E-state index contributed by atoms with van der Waals surface area (Å²) in [6, 6.07) is 11.7. The first-order valence-corrected chi connectivity index (χ1v) is 6.28. The second kappa shape index (κ2) is 6.80. The second-order valence-electron chi connectivity index (χ2n) is 3.72. The van der Waals surface area contributed by atoms with Crippen molar-refractivity contribution >= 4 is 0 Å². The van der Waals surface area contributed by atoms with E-state index in [0.29, 0.717) is 11.1 Å². The van der Waals surface area contributed by atoms with E-state index in [1.807, 2.05) is 32.9 Å². The lowest BCUT2D eigenvalue weighted by molar-refractivity contribution is 0.476. The number of phenols is 1. The molecular formula is C16H19FO. The van der Waals surface area contributed by atoms with Gasteiger partial charge in [0.15, 0.2) is 0 Å². The third-order valence-corrected chi connectivity index (χ3v) is 2.61. The molecule has 2 heteroatoms. The first kappa shape index (κ1) is 14.2. The summed E-state index contributed by atoms with van der Waals surface area (Å²) in [5.74, 6) is -0.0959. The normalized spacial score (nSPS) is 9.56. The smallest absolute Gasteiger partial charge is 0.123 e. The Hall–Kier alpha value is -1.83.